The zero-order valence-electron chi connectivity index (χ0n) is 18.7. The summed E-state index contributed by atoms with van der Waals surface area (Å²) in [7, 11) is 8.31. The van der Waals surface area contributed by atoms with E-state index in [1.807, 2.05) is 18.2 Å². The average Bonchev–Trinajstić information content (AvgIpc) is 2.86. The standard InChI is InChI=1S/C14H16N.C14H13P.ClH.Pd/c1-11(15(2)3)13-10-6-8-12-7-4-5-9-14(12)13;1-2-15(13-9-5-3-6-10-13)14-11-7-4-8-12-14;;/h4-5,7-11H,1-3H3;2-12H,1H2;1H;/q-1;;;+2/p-1/t11-;;;/m1.../s1. The second-order valence-electron chi connectivity index (χ2n) is 7.36. The molecule has 0 bridgehead atoms. The third-order valence-electron chi connectivity index (χ3n) is 5.23. The Labute approximate surface area is 209 Å². The summed E-state index contributed by atoms with van der Waals surface area (Å²) in [6, 6.07) is 37.3. The first kappa shape index (κ1) is 26.5. The van der Waals surface area contributed by atoms with Gasteiger partial charge in [-0.3, -0.25) is 0 Å². The van der Waals surface area contributed by atoms with Gasteiger partial charge in [0.1, 0.15) is 0 Å². The summed E-state index contributed by atoms with van der Waals surface area (Å²) >= 11 is 2.22. The Balaban J connectivity index is 0.000000211. The molecule has 32 heavy (non-hydrogen) atoms. The molecule has 1 nitrogen and oxygen atoms in total. The first-order chi connectivity index (χ1) is 15.6. The van der Waals surface area contributed by atoms with Crippen LogP contribution in [0.4, 0.5) is 0 Å². The van der Waals surface area contributed by atoms with Crippen LogP contribution >= 0.6 is 17.5 Å². The Bertz CT molecular complexity index is 1030. The number of halogens is 1. The van der Waals surface area contributed by atoms with Gasteiger partial charge in [0, 0.05) is 0 Å². The summed E-state index contributed by atoms with van der Waals surface area (Å²) in [4.78, 5) is 2.22. The summed E-state index contributed by atoms with van der Waals surface area (Å²) in [6.07, 6.45) is 0. The quantitative estimate of drug-likeness (QED) is 0.144. The van der Waals surface area contributed by atoms with Gasteiger partial charge < -0.3 is 4.90 Å². The van der Waals surface area contributed by atoms with Crippen molar-refractivity contribution in [2.24, 2.45) is 0 Å². The van der Waals surface area contributed by atoms with E-state index in [1.165, 1.54) is 26.9 Å². The van der Waals surface area contributed by atoms with E-state index in [0.29, 0.717) is 6.04 Å². The predicted octanol–water partition coefficient (Wildman–Crippen LogP) is 7.21. The van der Waals surface area contributed by atoms with Gasteiger partial charge >= 0.3 is 27.7 Å². The SMILES string of the molecule is C=CP(c1ccccc1)c1ccccc1.C[C@H](c1c[c-]cc2ccccc12)N(C)C.[Cl][Pd+]. The fraction of sp³-hybridized carbons (Fsp3) is 0.143. The molecule has 0 aliphatic rings. The number of hydrogen-bond acceptors (Lipinski definition) is 1. The van der Waals surface area contributed by atoms with Gasteiger partial charge in [-0.05, 0) is 38.7 Å². The number of fused-ring (bicyclic) bond motifs is 1. The molecule has 4 aromatic carbocycles. The molecule has 0 aromatic heterocycles. The van der Waals surface area contributed by atoms with Crippen LogP contribution in [0.3, 0.4) is 0 Å². The van der Waals surface area contributed by atoms with Crippen LogP contribution in [0.2, 0.25) is 0 Å². The van der Waals surface area contributed by atoms with Gasteiger partial charge in [0.2, 0.25) is 0 Å². The second kappa shape index (κ2) is 14.4. The average molecular weight is 552 g/mol. The minimum atomic E-state index is -0.385. The molecule has 1 atom stereocenters. The molecule has 0 saturated carbocycles. The fourth-order valence-electron chi connectivity index (χ4n) is 3.35. The van der Waals surface area contributed by atoms with Gasteiger partial charge in [-0.25, -0.2) is 0 Å². The van der Waals surface area contributed by atoms with E-state index < -0.39 is 0 Å². The Kier molecular flexibility index (Phi) is 11.9. The first-order valence-corrected chi connectivity index (χ1v) is 13.7. The van der Waals surface area contributed by atoms with Crippen LogP contribution in [0.15, 0.2) is 109 Å². The fourth-order valence-corrected chi connectivity index (χ4v) is 5.05. The molecule has 0 radical (unpaired) electrons. The zero-order chi connectivity index (χ0) is 23.3. The molecule has 4 heteroatoms. The molecule has 0 saturated heterocycles. The predicted molar refractivity (Wildman–Crippen MR) is 140 cm³/mol. The van der Waals surface area contributed by atoms with Crippen LogP contribution < -0.4 is 10.6 Å². The van der Waals surface area contributed by atoms with E-state index in [0.717, 1.165) is 0 Å². The summed E-state index contributed by atoms with van der Waals surface area (Å²) in [5.74, 6) is 2.06. The van der Waals surface area contributed by atoms with Gasteiger partial charge in [0.25, 0.3) is 0 Å². The first-order valence-electron chi connectivity index (χ1n) is 10.3. The van der Waals surface area contributed by atoms with Crippen LogP contribution in [-0.4, -0.2) is 19.0 Å². The summed E-state index contributed by atoms with van der Waals surface area (Å²) in [5, 5.41) is 5.31. The molecule has 0 N–H and O–H groups in total. The molecule has 0 spiro atoms. The van der Waals surface area contributed by atoms with E-state index in [2.05, 4.69) is 151 Å². The minimum absolute atomic E-state index is 0.385. The molecule has 0 unspecified atom stereocenters. The Morgan fingerprint density at radius 2 is 1.34 bits per heavy atom. The molecular formula is C28H29ClNPPd. The molecular weight excluding hydrogens is 523 g/mol. The summed E-state index contributed by atoms with van der Waals surface area (Å²) in [5.41, 5.74) is 1.35. The van der Waals surface area contributed by atoms with E-state index in [4.69, 9.17) is 0 Å². The third-order valence-corrected chi connectivity index (χ3v) is 7.30. The van der Waals surface area contributed by atoms with Crippen molar-refractivity contribution in [3.8, 4) is 0 Å². The normalized spacial score (nSPS) is 11.2. The summed E-state index contributed by atoms with van der Waals surface area (Å²) in [6.45, 7) is 6.16. The Morgan fingerprint density at radius 1 is 0.844 bits per heavy atom. The van der Waals surface area contributed by atoms with Gasteiger partial charge in [-0.1, -0.05) is 98.2 Å². The molecule has 0 heterocycles. The number of benzene rings is 4. The van der Waals surface area contributed by atoms with E-state index in [1.54, 1.807) is 0 Å². The van der Waals surface area contributed by atoms with Gasteiger partial charge in [-0.2, -0.15) is 18.2 Å². The van der Waals surface area contributed by atoms with Crippen LogP contribution in [0.5, 0.6) is 0 Å². The van der Waals surface area contributed by atoms with Crippen LogP contribution in [0, 0.1) is 6.07 Å². The maximum atomic E-state index is 4.49. The molecule has 0 aliphatic heterocycles. The van der Waals surface area contributed by atoms with Crippen LogP contribution in [0.25, 0.3) is 10.8 Å². The Morgan fingerprint density at radius 3 is 1.84 bits per heavy atom. The molecule has 4 aromatic rings. The van der Waals surface area contributed by atoms with Gasteiger partial charge in [0.15, 0.2) is 0 Å². The monoisotopic (exact) mass is 551 g/mol. The van der Waals surface area contributed by atoms with E-state index in [-0.39, 0.29) is 7.92 Å². The van der Waals surface area contributed by atoms with E-state index in [9.17, 15) is 0 Å². The van der Waals surface area contributed by atoms with Crippen molar-refractivity contribution in [2.75, 3.05) is 14.1 Å². The number of rotatable bonds is 5. The molecule has 0 aliphatic carbocycles. The maximum absolute atomic E-state index is 4.49. The molecule has 0 fully saturated rings. The summed E-state index contributed by atoms with van der Waals surface area (Å²) < 4.78 is 0. The molecule has 4 rings (SSSR count). The van der Waals surface area contributed by atoms with Crippen molar-refractivity contribution in [3.63, 3.8) is 0 Å². The van der Waals surface area contributed by atoms with E-state index >= 15 is 0 Å². The van der Waals surface area contributed by atoms with Crippen molar-refractivity contribution in [1.82, 2.24) is 4.90 Å². The van der Waals surface area contributed by atoms with Crippen molar-refractivity contribution in [1.29, 1.82) is 0 Å². The van der Waals surface area contributed by atoms with Crippen molar-refractivity contribution in [3.05, 3.63) is 121 Å². The number of hydrogen-bond donors (Lipinski definition) is 0. The third kappa shape index (κ3) is 7.38. The molecule has 0 amide bonds. The second-order valence-corrected chi connectivity index (χ2v) is 9.50. The topological polar surface area (TPSA) is 3.24 Å². The van der Waals surface area contributed by atoms with Gasteiger partial charge in [-0.15, -0.1) is 22.4 Å². The molecule has 168 valence electrons. The number of nitrogens with zero attached hydrogens (tertiary/aromatic N) is 1. The van der Waals surface area contributed by atoms with Gasteiger partial charge in [0.05, 0.1) is 0 Å². The Hall–Kier alpha value is -1.78. The van der Waals surface area contributed by atoms with Crippen molar-refractivity contribution < 1.29 is 18.2 Å². The van der Waals surface area contributed by atoms with Crippen LogP contribution in [0.1, 0.15) is 18.5 Å². The van der Waals surface area contributed by atoms with Crippen LogP contribution in [-0.2, 0) is 18.2 Å². The van der Waals surface area contributed by atoms with Crippen molar-refractivity contribution >= 4 is 38.8 Å². The zero-order valence-corrected chi connectivity index (χ0v) is 21.9. The van der Waals surface area contributed by atoms with Crippen molar-refractivity contribution in [2.45, 2.75) is 13.0 Å².